The maximum atomic E-state index is 14.2. The first-order chi connectivity index (χ1) is 18.5. The molecule has 2 atom stereocenters. The summed E-state index contributed by atoms with van der Waals surface area (Å²) in [4.78, 5) is 38.9. The molecule has 9 heteroatoms. The van der Waals surface area contributed by atoms with E-state index in [0.29, 0.717) is 11.1 Å². The second-order valence-electron chi connectivity index (χ2n) is 8.69. The number of rotatable bonds is 5. The fourth-order valence-electron chi connectivity index (χ4n) is 4.78. The second-order valence-corrected chi connectivity index (χ2v) is 8.69. The Labute approximate surface area is 215 Å². The first-order valence-corrected chi connectivity index (χ1v) is 11.9. The molecule has 2 heterocycles. The Morgan fingerprint density at radius 3 is 2.50 bits per heavy atom. The number of nitrogens with zero attached hydrogens (tertiary/aromatic N) is 1. The topological polar surface area (TPSA) is 97.0 Å². The van der Waals surface area contributed by atoms with E-state index < -0.39 is 35.1 Å². The zero-order valence-corrected chi connectivity index (χ0v) is 20.1. The normalized spacial score (nSPS) is 16.9. The van der Waals surface area contributed by atoms with E-state index in [9.17, 15) is 18.8 Å². The maximum Gasteiger partial charge on any atom is 0.426 e. The number of carbonyl (C=O) groups excluding carboxylic acids is 1. The molecule has 8 nitrogen and oxygen atoms in total. The minimum absolute atomic E-state index is 0.0235. The Bertz CT molecular complexity index is 1720. The summed E-state index contributed by atoms with van der Waals surface area (Å²) in [5.74, 6) is -2.47. The van der Waals surface area contributed by atoms with Crippen LogP contribution in [-0.2, 0) is 9.47 Å². The zero-order valence-electron chi connectivity index (χ0n) is 20.1. The molecule has 0 saturated heterocycles. The highest BCUT2D eigenvalue weighted by molar-refractivity contribution is 5.89. The van der Waals surface area contributed by atoms with Gasteiger partial charge in [-0.2, -0.15) is 0 Å². The summed E-state index contributed by atoms with van der Waals surface area (Å²) in [6.45, 7) is 1.92. The van der Waals surface area contributed by atoms with Crippen LogP contribution in [0.5, 0.6) is 5.75 Å². The molecular formula is C29H20FNO7. The van der Waals surface area contributed by atoms with Crippen LogP contribution in [-0.4, -0.2) is 17.1 Å². The molecule has 0 fully saturated rings. The molecule has 2 unspecified atom stereocenters. The lowest BCUT2D eigenvalue weighted by molar-refractivity contribution is 0.0526. The van der Waals surface area contributed by atoms with Crippen molar-refractivity contribution >= 4 is 5.97 Å². The Morgan fingerprint density at radius 1 is 1.00 bits per heavy atom. The van der Waals surface area contributed by atoms with Crippen LogP contribution in [0.1, 0.15) is 40.4 Å². The average molecular weight is 513 g/mol. The molecule has 0 saturated carbocycles. The van der Waals surface area contributed by atoms with E-state index in [0.717, 1.165) is 4.57 Å². The smallest absolute Gasteiger partial charge is 0.426 e. The number of hydrogen-bond acceptors (Lipinski definition) is 7. The van der Waals surface area contributed by atoms with Crippen molar-refractivity contribution in [2.45, 2.75) is 18.9 Å². The number of benzene rings is 3. The summed E-state index contributed by atoms with van der Waals surface area (Å²) in [6, 6.07) is 18.9. The molecule has 0 spiro atoms. The molecule has 190 valence electrons. The summed E-state index contributed by atoms with van der Waals surface area (Å²) in [6.07, 6.45) is 0.932. The summed E-state index contributed by atoms with van der Waals surface area (Å²) in [5, 5.41) is 0. The van der Waals surface area contributed by atoms with Crippen LogP contribution in [0.3, 0.4) is 0 Å². The molecule has 1 aliphatic heterocycles. The Morgan fingerprint density at radius 2 is 1.74 bits per heavy atom. The fourth-order valence-corrected chi connectivity index (χ4v) is 4.78. The van der Waals surface area contributed by atoms with Crippen molar-refractivity contribution in [3.05, 3.63) is 128 Å². The van der Waals surface area contributed by atoms with Crippen LogP contribution in [0, 0.1) is 5.82 Å². The minimum atomic E-state index is -0.878. The van der Waals surface area contributed by atoms with Gasteiger partial charge in [0.2, 0.25) is 0 Å². The third kappa shape index (κ3) is 3.80. The highest BCUT2D eigenvalue weighted by Crippen LogP contribution is 2.51. The predicted molar refractivity (Wildman–Crippen MR) is 134 cm³/mol. The Kier molecular flexibility index (Phi) is 5.68. The van der Waals surface area contributed by atoms with E-state index in [1.54, 1.807) is 37.3 Å². The minimum Gasteiger partial charge on any atom is -0.462 e. The highest BCUT2D eigenvalue weighted by atomic mass is 19.1. The van der Waals surface area contributed by atoms with E-state index in [1.807, 2.05) is 12.1 Å². The molecule has 3 aromatic carbocycles. The third-order valence-corrected chi connectivity index (χ3v) is 6.46. The van der Waals surface area contributed by atoms with Crippen LogP contribution < -0.4 is 16.1 Å². The number of aromatic nitrogens is 1. The van der Waals surface area contributed by atoms with E-state index in [2.05, 4.69) is 0 Å². The van der Waals surface area contributed by atoms with Gasteiger partial charge in [0.25, 0.3) is 11.5 Å². The van der Waals surface area contributed by atoms with Crippen LogP contribution in [0.15, 0.2) is 98.8 Å². The number of carbonyl (C=O) groups is 1. The van der Waals surface area contributed by atoms with Crippen molar-refractivity contribution in [2.75, 3.05) is 6.61 Å². The van der Waals surface area contributed by atoms with Crippen molar-refractivity contribution in [3.63, 3.8) is 0 Å². The lowest BCUT2D eigenvalue weighted by Gasteiger charge is -2.27. The largest absolute Gasteiger partial charge is 0.462 e. The predicted octanol–water partition coefficient (Wildman–Crippen LogP) is 4.86. The van der Waals surface area contributed by atoms with Crippen molar-refractivity contribution in [1.29, 1.82) is 0 Å². The molecule has 4 aromatic rings. The number of para-hydroxylation sites is 1. The first kappa shape index (κ1) is 23.5. The second kappa shape index (κ2) is 9.19. The SMILES string of the molecule is CCOC(=O)c1ccc(-n2c(=O)oc3c(c2=O)C2C=C(Oc4ccccc4F)OC2c2ccccc2-3)cc1. The molecule has 38 heavy (non-hydrogen) atoms. The van der Waals surface area contributed by atoms with E-state index in [-0.39, 0.29) is 40.9 Å². The van der Waals surface area contributed by atoms with Gasteiger partial charge in [0.1, 0.15) is 11.9 Å². The zero-order chi connectivity index (χ0) is 26.4. The molecule has 0 bridgehead atoms. The Hall–Kier alpha value is -4.92. The molecule has 1 aromatic heterocycles. The van der Waals surface area contributed by atoms with Gasteiger partial charge >= 0.3 is 11.7 Å². The van der Waals surface area contributed by atoms with Crippen molar-refractivity contribution in [3.8, 4) is 22.8 Å². The van der Waals surface area contributed by atoms with Gasteiger partial charge in [-0.3, -0.25) is 4.79 Å². The van der Waals surface area contributed by atoms with Gasteiger partial charge in [0.15, 0.2) is 11.6 Å². The van der Waals surface area contributed by atoms with Crippen molar-refractivity contribution in [1.82, 2.24) is 4.57 Å². The van der Waals surface area contributed by atoms with Crippen LogP contribution in [0.25, 0.3) is 17.0 Å². The molecule has 1 aliphatic carbocycles. The Balaban J connectivity index is 1.47. The molecular weight excluding hydrogens is 493 g/mol. The number of fused-ring (bicyclic) bond motifs is 6. The van der Waals surface area contributed by atoms with Crippen LogP contribution in [0.4, 0.5) is 4.39 Å². The maximum absolute atomic E-state index is 14.2. The van der Waals surface area contributed by atoms with E-state index in [4.69, 9.17) is 18.6 Å². The lowest BCUT2D eigenvalue weighted by Crippen LogP contribution is -2.36. The van der Waals surface area contributed by atoms with E-state index >= 15 is 0 Å². The lowest BCUT2D eigenvalue weighted by atomic mass is 9.81. The van der Waals surface area contributed by atoms with Crippen LogP contribution >= 0.6 is 0 Å². The van der Waals surface area contributed by atoms with Gasteiger partial charge in [0, 0.05) is 17.2 Å². The summed E-state index contributed by atoms with van der Waals surface area (Å²) in [7, 11) is 0. The number of ether oxygens (including phenoxy) is 3. The third-order valence-electron chi connectivity index (χ3n) is 6.46. The molecule has 2 aliphatic rings. The van der Waals surface area contributed by atoms with E-state index in [1.165, 1.54) is 36.4 Å². The average Bonchev–Trinajstić information content (AvgIpc) is 3.34. The highest BCUT2D eigenvalue weighted by Gasteiger charge is 2.43. The standard InChI is InChI=1S/C29H20FNO7/c1-2-35-28(33)16-11-13-17(14-12-16)31-27(32)24-20-15-23(36-22-10-6-5-9-21(22)30)37-25(20)18-7-3-4-8-19(18)26(24)38-29(31)34/h3-15,20,25H,2H2,1H3. The number of halogens is 1. The van der Waals surface area contributed by atoms with Crippen molar-refractivity contribution in [2.24, 2.45) is 0 Å². The van der Waals surface area contributed by atoms with Gasteiger partial charge in [-0.05, 0) is 43.3 Å². The fraction of sp³-hybridized carbons (Fsp3) is 0.138. The van der Waals surface area contributed by atoms with Gasteiger partial charge in [-0.15, -0.1) is 0 Å². The molecule has 0 N–H and O–H groups in total. The van der Waals surface area contributed by atoms with Gasteiger partial charge < -0.3 is 18.6 Å². The summed E-state index contributed by atoms with van der Waals surface area (Å²) >= 11 is 0. The van der Waals surface area contributed by atoms with Gasteiger partial charge in [0.05, 0.1) is 29.3 Å². The van der Waals surface area contributed by atoms with Crippen LogP contribution in [0.2, 0.25) is 0 Å². The quantitative estimate of drug-likeness (QED) is 0.352. The molecule has 6 rings (SSSR count). The number of hydrogen-bond donors (Lipinski definition) is 0. The number of esters is 1. The monoisotopic (exact) mass is 513 g/mol. The van der Waals surface area contributed by atoms with Gasteiger partial charge in [-0.25, -0.2) is 18.5 Å². The van der Waals surface area contributed by atoms with Gasteiger partial charge in [-0.1, -0.05) is 36.4 Å². The summed E-state index contributed by atoms with van der Waals surface area (Å²) in [5.41, 5.74) is 1.35. The van der Waals surface area contributed by atoms with Crippen molar-refractivity contribution < 1.29 is 27.8 Å². The molecule has 0 amide bonds. The summed E-state index contributed by atoms with van der Waals surface area (Å²) < 4.78 is 37.6. The molecule has 0 radical (unpaired) electrons. The first-order valence-electron chi connectivity index (χ1n) is 11.9.